The lowest BCUT2D eigenvalue weighted by Crippen LogP contribution is -2.42. The average Bonchev–Trinajstić information content (AvgIpc) is 3.39. The summed E-state index contributed by atoms with van der Waals surface area (Å²) >= 11 is 0. The van der Waals surface area contributed by atoms with Gasteiger partial charge < -0.3 is 10.2 Å². The number of aromatic amines is 1. The minimum absolute atomic E-state index is 0.00490. The van der Waals surface area contributed by atoms with Gasteiger partial charge in [0.05, 0.1) is 18.8 Å². The number of halogens is 1. The zero-order chi connectivity index (χ0) is 20.6. The van der Waals surface area contributed by atoms with E-state index in [4.69, 9.17) is 0 Å². The van der Waals surface area contributed by atoms with E-state index in [0.29, 0.717) is 0 Å². The fourth-order valence-electron chi connectivity index (χ4n) is 3.43. The number of carbonyl (C=O) groups is 2. The van der Waals surface area contributed by atoms with Crippen molar-refractivity contribution < 1.29 is 14.0 Å². The number of aryl methyl sites for hydroxylation is 1. The Morgan fingerprint density at radius 2 is 1.97 bits per heavy atom. The molecule has 2 aromatic rings. The number of aromatic nitrogens is 2. The molecule has 0 unspecified atom stereocenters. The van der Waals surface area contributed by atoms with Gasteiger partial charge in [0.25, 0.3) is 0 Å². The molecule has 2 heterocycles. The molecule has 2 amide bonds. The molecular formula is C21H28FN5O2. The lowest BCUT2D eigenvalue weighted by Gasteiger charge is -2.18. The zero-order valence-corrected chi connectivity index (χ0v) is 16.8. The van der Waals surface area contributed by atoms with Crippen molar-refractivity contribution in [3.63, 3.8) is 0 Å². The molecule has 1 aromatic heterocycles. The Morgan fingerprint density at radius 3 is 2.69 bits per heavy atom. The smallest absolute Gasteiger partial charge is 0.241 e. The number of nitrogens with zero attached hydrogens (tertiary/aromatic N) is 3. The molecule has 0 saturated carbocycles. The quantitative estimate of drug-likeness (QED) is 0.672. The highest BCUT2D eigenvalue weighted by atomic mass is 19.1. The van der Waals surface area contributed by atoms with Crippen LogP contribution in [0.15, 0.2) is 30.3 Å². The molecule has 1 aromatic carbocycles. The fraction of sp³-hybridized carbons (Fsp3) is 0.476. The Hall–Kier alpha value is -2.74. The van der Waals surface area contributed by atoms with Crippen LogP contribution in [0.3, 0.4) is 0 Å². The Balaban J connectivity index is 1.34. The van der Waals surface area contributed by atoms with Crippen molar-refractivity contribution >= 4 is 11.8 Å². The summed E-state index contributed by atoms with van der Waals surface area (Å²) in [6, 6.07) is 8.21. The maximum absolute atomic E-state index is 13.0. The molecule has 0 spiro atoms. The van der Waals surface area contributed by atoms with Crippen LogP contribution in [0.1, 0.15) is 25.0 Å². The average molecular weight is 401 g/mol. The van der Waals surface area contributed by atoms with E-state index in [1.54, 1.807) is 17.0 Å². The first-order chi connectivity index (χ1) is 14.0. The van der Waals surface area contributed by atoms with E-state index < -0.39 is 0 Å². The van der Waals surface area contributed by atoms with E-state index in [0.717, 1.165) is 62.3 Å². The van der Waals surface area contributed by atoms with Crippen LogP contribution in [0.5, 0.6) is 0 Å². The molecule has 8 heteroatoms. The first-order valence-corrected chi connectivity index (χ1v) is 10.0. The fourth-order valence-corrected chi connectivity index (χ4v) is 3.43. The number of carbonyl (C=O) groups excluding carboxylic acids is 2. The molecule has 7 nitrogen and oxygen atoms in total. The second-order valence-electron chi connectivity index (χ2n) is 7.49. The van der Waals surface area contributed by atoms with Gasteiger partial charge in [0.1, 0.15) is 5.82 Å². The normalized spacial score (nSPS) is 13.8. The van der Waals surface area contributed by atoms with Gasteiger partial charge in [-0.2, -0.15) is 5.10 Å². The van der Waals surface area contributed by atoms with Crippen LogP contribution in [0.4, 0.5) is 4.39 Å². The lowest BCUT2D eigenvalue weighted by atomic mass is 10.1. The molecule has 2 N–H and O–H groups in total. The van der Waals surface area contributed by atoms with E-state index in [9.17, 15) is 14.0 Å². The lowest BCUT2D eigenvalue weighted by molar-refractivity contribution is -0.132. The molecule has 1 fully saturated rings. The molecule has 29 heavy (non-hydrogen) atoms. The summed E-state index contributed by atoms with van der Waals surface area (Å²) in [5, 5.41) is 9.99. The zero-order valence-electron chi connectivity index (χ0n) is 16.8. The van der Waals surface area contributed by atoms with Crippen molar-refractivity contribution in [1.82, 2.24) is 25.3 Å². The van der Waals surface area contributed by atoms with Crippen LogP contribution >= 0.6 is 0 Å². The number of rotatable bonds is 9. The Kier molecular flexibility index (Phi) is 7.35. The highest BCUT2D eigenvalue weighted by molar-refractivity contribution is 5.85. The maximum Gasteiger partial charge on any atom is 0.241 e. The summed E-state index contributed by atoms with van der Waals surface area (Å²) < 4.78 is 13.0. The molecule has 1 aliphatic heterocycles. The van der Waals surface area contributed by atoms with Gasteiger partial charge in [-0.15, -0.1) is 0 Å². The van der Waals surface area contributed by atoms with Crippen molar-refractivity contribution in [3.05, 3.63) is 41.8 Å². The SMILES string of the molecule is CN(CCCc1cc(-c2ccc(F)cc2)n[nH]1)CC(=O)NCC(=O)N1CCCC1. The number of likely N-dealkylation sites (N-methyl/N-ethyl adjacent to an activating group) is 1. The third-order valence-corrected chi connectivity index (χ3v) is 5.07. The summed E-state index contributed by atoms with van der Waals surface area (Å²) in [7, 11) is 1.89. The predicted octanol–water partition coefficient (Wildman–Crippen LogP) is 1.82. The molecule has 1 saturated heterocycles. The summed E-state index contributed by atoms with van der Waals surface area (Å²) in [6.45, 7) is 2.68. The molecule has 156 valence electrons. The van der Waals surface area contributed by atoms with E-state index in [2.05, 4.69) is 15.5 Å². The van der Waals surface area contributed by atoms with Gasteiger partial charge in [-0.1, -0.05) is 0 Å². The summed E-state index contributed by atoms with van der Waals surface area (Å²) in [5.41, 5.74) is 2.65. The highest BCUT2D eigenvalue weighted by Gasteiger charge is 2.18. The van der Waals surface area contributed by atoms with E-state index >= 15 is 0 Å². The Labute approximate surface area is 170 Å². The number of amides is 2. The Morgan fingerprint density at radius 1 is 1.24 bits per heavy atom. The van der Waals surface area contributed by atoms with Gasteiger partial charge >= 0.3 is 0 Å². The Bertz CT molecular complexity index is 815. The highest BCUT2D eigenvalue weighted by Crippen LogP contribution is 2.18. The third-order valence-electron chi connectivity index (χ3n) is 5.07. The number of hydrogen-bond acceptors (Lipinski definition) is 4. The van der Waals surface area contributed by atoms with Crippen LogP contribution in [-0.4, -0.2) is 71.6 Å². The van der Waals surface area contributed by atoms with Crippen LogP contribution in [-0.2, 0) is 16.0 Å². The molecule has 0 radical (unpaired) electrons. The molecule has 0 atom stereocenters. The van der Waals surface area contributed by atoms with E-state index in [-0.39, 0.29) is 30.7 Å². The predicted molar refractivity (Wildman–Crippen MR) is 109 cm³/mol. The van der Waals surface area contributed by atoms with Gasteiger partial charge in [-0.3, -0.25) is 19.6 Å². The summed E-state index contributed by atoms with van der Waals surface area (Å²) in [5.74, 6) is -0.410. The third kappa shape index (κ3) is 6.39. The summed E-state index contributed by atoms with van der Waals surface area (Å²) in [6.07, 6.45) is 3.75. The first-order valence-electron chi connectivity index (χ1n) is 10.0. The van der Waals surface area contributed by atoms with Crippen LogP contribution in [0.25, 0.3) is 11.3 Å². The van der Waals surface area contributed by atoms with Gasteiger partial charge in [-0.05, 0) is 69.6 Å². The molecule has 0 aliphatic carbocycles. The van der Waals surface area contributed by atoms with Gasteiger partial charge in [0.2, 0.25) is 11.8 Å². The minimum Gasteiger partial charge on any atom is -0.346 e. The van der Waals surface area contributed by atoms with Crippen molar-refractivity contribution in [2.45, 2.75) is 25.7 Å². The topological polar surface area (TPSA) is 81.3 Å². The van der Waals surface area contributed by atoms with Crippen molar-refractivity contribution in [2.24, 2.45) is 0 Å². The second-order valence-corrected chi connectivity index (χ2v) is 7.49. The van der Waals surface area contributed by atoms with Gasteiger partial charge in [0, 0.05) is 24.3 Å². The summed E-state index contributed by atoms with van der Waals surface area (Å²) in [4.78, 5) is 27.7. The van der Waals surface area contributed by atoms with Crippen molar-refractivity contribution in [1.29, 1.82) is 0 Å². The number of H-pyrrole nitrogens is 1. The molecule has 1 aliphatic rings. The number of likely N-dealkylation sites (tertiary alicyclic amines) is 1. The van der Waals surface area contributed by atoms with Crippen LogP contribution in [0, 0.1) is 5.82 Å². The number of nitrogens with one attached hydrogen (secondary N) is 2. The standard InChI is InChI=1S/C21H28FN5O2/c1-26(15-20(28)23-14-21(29)27-11-2-3-12-27)10-4-5-18-13-19(25-24-18)16-6-8-17(22)9-7-16/h6-9,13H,2-5,10-12,14-15H2,1H3,(H,23,28)(H,24,25). The monoisotopic (exact) mass is 401 g/mol. The largest absolute Gasteiger partial charge is 0.346 e. The first kappa shape index (κ1) is 21.0. The van der Waals surface area contributed by atoms with E-state index in [1.807, 2.05) is 18.0 Å². The van der Waals surface area contributed by atoms with Crippen LogP contribution < -0.4 is 5.32 Å². The second kappa shape index (κ2) is 10.2. The molecular weight excluding hydrogens is 373 g/mol. The van der Waals surface area contributed by atoms with Crippen molar-refractivity contribution in [2.75, 3.05) is 39.8 Å². The van der Waals surface area contributed by atoms with Crippen LogP contribution in [0.2, 0.25) is 0 Å². The van der Waals surface area contributed by atoms with Gasteiger partial charge in [-0.25, -0.2) is 4.39 Å². The van der Waals surface area contributed by atoms with Crippen molar-refractivity contribution in [3.8, 4) is 11.3 Å². The number of hydrogen-bond donors (Lipinski definition) is 2. The van der Waals surface area contributed by atoms with E-state index in [1.165, 1.54) is 12.1 Å². The molecule has 3 rings (SSSR count). The minimum atomic E-state index is -0.267. The van der Waals surface area contributed by atoms with Gasteiger partial charge in [0.15, 0.2) is 0 Å². The molecule has 0 bridgehead atoms. The number of benzene rings is 1. The maximum atomic E-state index is 13.0.